The molecule has 3 rings (SSSR count). The van der Waals surface area contributed by atoms with Gasteiger partial charge in [0.1, 0.15) is 0 Å². The van der Waals surface area contributed by atoms with Gasteiger partial charge in [-0.15, -0.1) is 0 Å². The summed E-state index contributed by atoms with van der Waals surface area (Å²) in [6.45, 7) is 0. The minimum Gasteiger partial charge on any atom is -0.526 e. The Balaban J connectivity index is 2.14. The molecule has 0 saturated carbocycles. The fourth-order valence-corrected chi connectivity index (χ4v) is 2.77. The van der Waals surface area contributed by atoms with Gasteiger partial charge in [0.2, 0.25) is 15.9 Å². The summed E-state index contributed by atoms with van der Waals surface area (Å²) in [5.41, 5.74) is 0.798. The van der Waals surface area contributed by atoms with E-state index in [1.807, 2.05) is 91.0 Å². The van der Waals surface area contributed by atoms with Crippen LogP contribution < -0.4 is 0 Å². The summed E-state index contributed by atoms with van der Waals surface area (Å²) in [5, 5.41) is 0. The minimum absolute atomic E-state index is 0.233. The van der Waals surface area contributed by atoms with E-state index in [4.69, 9.17) is 4.43 Å². The number of rotatable bonds is 1. The van der Waals surface area contributed by atoms with Crippen LogP contribution >= 0.6 is 0 Å². The Morgan fingerprint density at radius 2 is 0.931 bits per heavy atom. The summed E-state index contributed by atoms with van der Waals surface area (Å²) in [4.78, 5) is 12.8. The summed E-state index contributed by atoms with van der Waals surface area (Å²) in [6.07, 6.45) is 0. The number of carbonyl (C=O) groups is 1. The van der Waals surface area contributed by atoms with Crippen LogP contribution in [0.2, 0.25) is 0 Å². The molecule has 3 aromatic rings. The second kappa shape index (κ2) is 9.82. The second-order valence-corrected chi connectivity index (χ2v) is 6.50. The smallest absolute Gasteiger partial charge is 0.335 e. The lowest BCUT2D eigenvalue weighted by molar-refractivity contribution is -0.137. The van der Waals surface area contributed by atoms with Crippen molar-refractivity contribution in [2.24, 2.45) is 5.41 Å². The highest BCUT2D eigenvalue weighted by molar-refractivity contribution is 6.08. The number of carbonyl (C=O) groups excluding carboxylic acids is 1. The lowest BCUT2D eigenvalue weighted by Gasteiger charge is -2.13. The normalized spacial score (nSPS) is 9.66. The molecular weight excluding hydrogens is 372 g/mol. The van der Waals surface area contributed by atoms with Gasteiger partial charge in [-0.3, -0.25) is 0 Å². The highest BCUT2D eigenvalue weighted by Gasteiger charge is 2.34. The fourth-order valence-electron chi connectivity index (χ4n) is 2.46. The summed E-state index contributed by atoms with van der Waals surface area (Å²) < 4.78 is 5.17. The standard InChI is InChI=1S/C26H18O2Si/c27-25(28-29)26(19-16-22-10-4-1-5-11-22,20-17-23-12-6-2-7-13-23)21-18-24-14-8-3-9-15-24/h1-15H,29H3. The third-order valence-electron chi connectivity index (χ3n) is 4.00. The molecule has 138 valence electrons. The van der Waals surface area contributed by atoms with Gasteiger partial charge in [-0.05, 0) is 36.4 Å². The Morgan fingerprint density at radius 1 is 0.621 bits per heavy atom. The summed E-state index contributed by atoms with van der Waals surface area (Å²) in [6, 6.07) is 28.3. The first kappa shape index (κ1) is 19.8. The molecule has 0 aliphatic carbocycles. The Kier molecular flexibility index (Phi) is 6.69. The molecule has 29 heavy (non-hydrogen) atoms. The zero-order valence-corrected chi connectivity index (χ0v) is 18.0. The van der Waals surface area contributed by atoms with Gasteiger partial charge in [0.15, 0.2) is 0 Å². The number of hydrogen-bond donors (Lipinski definition) is 0. The largest absolute Gasteiger partial charge is 0.526 e. The van der Waals surface area contributed by atoms with Crippen LogP contribution in [0, 0.1) is 40.9 Å². The topological polar surface area (TPSA) is 26.3 Å². The van der Waals surface area contributed by atoms with E-state index < -0.39 is 11.4 Å². The van der Waals surface area contributed by atoms with Gasteiger partial charge in [-0.2, -0.15) is 0 Å². The molecule has 3 heteroatoms. The van der Waals surface area contributed by atoms with Crippen LogP contribution in [0.1, 0.15) is 16.7 Å². The van der Waals surface area contributed by atoms with Crippen molar-refractivity contribution in [3.05, 3.63) is 108 Å². The lowest BCUT2D eigenvalue weighted by Crippen LogP contribution is -2.28. The molecule has 0 radical (unpaired) electrons. The molecule has 0 saturated heterocycles. The highest BCUT2D eigenvalue weighted by atomic mass is 28.2. The van der Waals surface area contributed by atoms with Crippen molar-refractivity contribution in [2.45, 2.75) is 0 Å². The van der Waals surface area contributed by atoms with Crippen LogP contribution in [0.3, 0.4) is 0 Å². The van der Waals surface area contributed by atoms with Crippen LogP contribution in [0.4, 0.5) is 0 Å². The molecule has 0 atom stereocenters. The first-order chi connectivity index (χ1) is 14.2. The first-order valence-electron chi connectivity index (χ1n) is 9.05. The summed E-state index contributed by atoms with van der Waals surface area (Å²) in [5.74, 6) is 17.5. The van der Waals surface area contributed by atoms with Gasteiger partial charge in [-0.25, -0.2) is 4.79 Å². The molecule has 0 unspecified atom stereocenters. The zero-order valence-electron chi connectivity index (χ0n) is 16.0. The van der Waals surface area contributed by atoms with E-state index in [1.165, 1.54) is 0 Å². The molecule has 0 N–H and O–H groups in total. The molecule has 0 aromatic heterocycles. The predicted molar refractivity (Wildman–Crippen MR) is 118 cm³/mol. The van der Waals surface area contributed by atoms with Crippen LogP contribution in [-0.4, -0.2) is 16.5 Å². The van der Waals surface area contributed by atoms with E-state index in [1.54, 1.807) is 0 Å². The maximum Gasteiger partial charge on any atom is 0.335 e. The highest BCUT2D eigenvalue weighted by Crippen LogP contribution is 2.18. The Hall–Kier alpha value is -3.97. The summed E-state index contributed by atoms with van der Waals surface area (Å²) >= 11 is 0. The Bertz CT molecular complexity index is 1010. The number of hydrogen-bond acceptors (Lipinski definition) is 2. The van der Waals surface area contributed by atoms with Crippen molar-refractivity contribution in [1.29, 1.82) is 0 Å². The molecule has 0 bridgehead atoms. The molecule has 0 spiro atoms. The Labute approximate surface area is 174 Å². The molecule has 0 aliphatic heterocycles. The van der Waals surface area contributed by atoms with Crippen LogP contribution in [0.25, 0.3) is 0 Å². The van der Waals surface area contributed by atoms with Crippen molar-refractivity contribution < 1.29 is 9.22 Å². The van der Waals surface area contributed by atoms with E-state index in [0.29, 0.717) is 0 Å². The van der Waals surface area contributed by atoms with Crippen LogP contribution in [0.15, 0.2) is 91.0 Å². The van der Waals surface area contributed by atoms with E-state index in [2.05, 4.69) is 35.5 Å². The monoisotopic (exact) mass is 390 g/mol. The molecule has 0 fully saturated rings. The fraction of sp³-hybridized carbons (Fsp3) is 0.0385. The van der Waals surface area contributed by atoms with Gasteiger partial charge in [0.05, 0.1) is 0 Å². The third kappa shape index (κ3) is 5.50. The lowest BCUT2D eigenvalue weighted by atomic mass is 9.89. The molecule has 0 heterocycles. The second-order valence-electron chi connectivity index (χ2n) is 6.09. The van der Waals surface area contributed by atoms with Crippen LogP contribution in [0.5, 0.6) is 0 Å². The van der Waals surface area contributed by atoms with E-state index in [0.717, 1.165) is 16.7 Å². The first-order valence-corrected chi connectivity index (χ1v) is 9.87. The molecule has 3 aromatic carbocycles. The average molecular weight is 391 g/mol. The molecular formula is C26H18O2Si. The SMILES string of the molecule is O=C(O[SiH3])C(C#Cc1ccccc1)(C#Cc1ccccc1)C#Cc1ccccc1. The van der Waals surface area contributed by atoms with Crippen molar-refractivity contribution in [3.63, 3.8) is 0 Å². The van der Waals surface area contributed by atoms with Gasteiger partial charge < -0.3 is 4.43 Å². The molecule has 0 aliphatic rings. The maximum absolute atomic E-state index is 12.8. The summed E-state index contributed by atoms with van der Waals surface area (Å²) in [7, 11) is 0.233. The maximum atomic E-state index is 12.8. The van der Waals surface area contributed by atoms with E-state index >= 15 is 0 Å². The van der Waals surface area contributed by atoms with Crippen molar-refractivity contribution >= 4 is 16.5 Å². The number of benzene rings is 3. The van der Waals surface area contributed by atoms with Crippen molar-refractivity contribution in [1.82, 2.24) is 0 Å². The van der Waals surface area contributed by atoms with Gasteiger partial charge >= 0.3 is 5.97 Å². The average Bonchev–Trinajstić information content (AvgIpc) is 2.80. The van der Waals surface area contributed by atoms with Gasteiger partial charge in [0.25, 0.3) is 0 Å². The van der Waals surface area contributed by atoms with Crippen LogP contribution in [-0.2, 0) is 9.22 Å². The van der Waals surface area contributed by atoms with E-state index in [-0.39, 0.29) is 10.5 Å². The zero-order chi connectivity index (χ0) is 20.4. The molecule has 0 amide bonds. The molecule has 2 nitrogen and oxygen atoms in total. The van der Waals surface area contributed by atoms with Crippen molar-refractivity contribution in [2.75, 3.05) is 0 Å². The predicted octanol–water partition coefficient (Wildman–Crippen LogP) is 2.95. The van der Waals surface area contributed by atoms with Gasteiger partial charge in [0, 0.05) is 16.7 Å². The van der Waals surface area contributed by atoms with Crippen molar-refractivity contribution in [3.8, 4) is 35.5 Å². The van der Waals surface area contributed by atoms with E-state index in [9.17, 15) is 4.79 Å². The third-order valence-corrected chi connectivity index (χ3v) is 4.37. The Morgan fingerprint density at radius 3 is 1.21 bits per heavy atom. The quantitative estimate of drug-likeness (QED) is 0.472. The minimum atomic E-state index is -1.54. The van der Waals surface area contributed by atoms with Gasteiger partial charge in [-0.1, -0.05) is 90.1 Å².